The van der Waals surface area contributed by atoms with Crippen molar-refractivity contribution in [1.29, 1.82) is 0 Å². The van der Waals surface area contributed by atoms with E-state index in [0.29, 0.717) is 10.0 Å². The molecule has 0 saturated heterocycles. The maximum absolute atomic E-state index is 5.63. The molecule has 0 unspecified atom stereocenters. The molecule has 0 spiro atoms. The predicted molar refractivity (Wildman–Crippen MR) is 40.0 cm³/mol. The van der Waals surface area contributed by atoms with Crippen molar-refractivity contribution in [2.45, 2.75) is 6.92 Å². The largest absolute Gasteiger partial charge is 0.0827 e. The van der Waals surface area contributed by atoms with E-state index in [-0.39, 0.29) is 0 Å². The molecule has 0 amide bonds. The van der Waals surface area contributed by atoms with Crippen molar-refractivity contribution in [1.82, 2.24) is 0 Å². The molecule has 0 N–H and O–H groups in total. The van der Waals surface area contributed by atoms with Crippen LogP contribution in [0.15, 0.2) is 12.1 Å². The Morgan fingerprint density at radius 3 is 2.44 bits per heavy atom. The highest BCUT2D eigenvalue weighted by molar-refractivity contribution is 6.41. The molecule has 1 rings (SSSR count). The van der Waals surface area contributed by atoms with Gasteiger partial charge in [0.2, 0.25) is 0 Å². The second-order valence-corrected chi connectivity index (χ2v) is 2.59. The molecule has 1 aromatic rings. The standard InChI is InChI=1S/C7H5Cl2/c1-5-2-3-6(8)7(9)4-5/h2-3H,1H3. The molecule has 0 heterocycles. The highest BCUT2D eigenvalue weighted by atomic mass is 35.5. The molecule has 0 bridgehead atoms. The second-order valence-electron chi connectivity index (χ2n) is 1.80. The molecule has 0 fully saturated rings. The summed E-state index contributed by atoms with van der Waals surface area (Å²) in [6, 6.07) is 6.50. The molecular weight excluding hydrogens is 155 g/mol. The van der Waals surface area contributed by atoms with E-state index in [0.717, 1.165) is 5.56 Å². The van der Waals surface area contributed by atoms with Crippen LogP contribution in [-0.4, -0.2) is 0 Å². The van der Waals surface area contributed by atoms with E-state index in [2.05, 4.69) is 6.07 Å². The molecule has 0 aliphatic carbocycles. The summed E-state index contributed by atoms with van der Waals surface area (Å²) in [5, 5.41) is 1.05. The van der Waals surface area contributed by atoms with Crippen LogP contribution in [0.1, 0.15) is 5.56 Å². The average Bonchev–Trinajstić information content (AvgIpc) is 1.80. The molecular formula is C7H5Cl2. The summed E-state index contributed by atoms with van der Waals surface area (Å²) >= 11 is 11.2. The minimum Gasteiger partial charge on any atom is -0.0827 e. The van der Waals surface area contributed by atoms with Crippen molar-refractivity contribution < 1.29 is 0 Å². The molecule has 0 saturated carbocycles. The lowest BCUT2D eigenvalue weighted by molar-refractivity contribution is 1.46. The number of hydrogen-bond acceptors (Lipinski definition) is 0. The SMILES string of the molecule is Cc1[c]c(Cl)c(Cl)cc1. The van der Waals surface area contributed by atoms with Crippen LogP contribution < -0.4 is 0 Å². The van der Waals surface area contributed by atoms with Crippen molar-refractivity contribution in [2.24, 2.45) is 0 Å². The Bertz CT molecular complexity index is 218. The highest BCUT2D eigenvalue weighted by Gasteiger charge is 1.94. The third kappa shape index (κ3) is 1.60. The van der Waals surface area contributed by atoms with E-state index in [1.165, 1.54) is 0 Å². The summed E-state index contributed by atoms with van der Waals surface area (Å²) in [7, 11) is 0. The number of hydrogen-bond donors (Lipinski definition) is 0. The average molecular weight is 160 g/mol. The topological polar surface area (TPSA) is 0 Å². The van der Waals surface area contributed by atoms with Gasteiger partial charge in [0.05, 0.1) is 10.0 Å². The summed E-state index contributed by atoms with van der Waals surface area (Å²) in [4.78, 5) is 0. The van der Waals surface area contributed by atoms with Crippen molar-refractivity contribution in [3.8, 4) is 0 Å². The van der Waals surface area contributed by atoms with Gasteiger partial charge in [-0.05, 0) is 18.6 Å². The molecule has 2 heteroatoms. The normalized spacial score (nSPS) is 9.67. The lowest BCUT2D eigenvalue weighted by Crippen LogP contribution is -1.72. The lowest BCUT2D eigenvalue weighted by atomic mass is 10.2. The van der Waals surface area contributed by atoms with Crippen molar-refractivity contribution in [3.05, 3.63) is 33.8 Å². The van der Waals surface area contributed by atoms with Gasteiger partial charge >= 0.3 is 0 Å². The summed E-state index contributed by atoms with van der Waals surface area (Å²) in [5.41, 5.74) is 1.00. The third-order valence-corrected chi connectivity index (χ3v) is 1.71. The minimum atomic E-state index is 0.497. The van der Waals surface area contributed by atoms with E-state index >= 15 is 0 Å². The lowest BCUT2D eigenvalue weighted by Gasteiger charge is -1.93. The first-order valence-corrected chi connectivity index (χ1v) is 3.29. The maximum atomic E-state index is 5.63. The first kappa shape index (κ1) is 6.91. The minimum absolute atomic E-state index is 0.497. The zero-order valence-corrected chi connectivity index (χ0v) is 6.42. The Kier molecular flexibility index (Phi) is 1.99. The van der Waals surface area contributed by atoms with Crippen LogP contribution in [0.4, 0.5) is 0 Å². The smallest absolute Gasteiger partial charge is 0.0673 e. The number of rotatable bonds is 0. The van der Waals surface area contributed by atoms with Crippen molar-refractivity contribution in [2.75, 3.05) is 0 Å². The van der Waals surface area contributed by atoms with Crippen LogP contribution in [0.25, 0.3) is 0 Å². The van der Waals surface area contributed by atoms with Gasteiger partial charge in [0, 0.05) is 6.07 Å². The third-order valence-electron chi connectivity index (χ3n) is 0.996. The molecule has 0 aliphatic heterocycles. The predicted octanol–water partition coefficient (Wildman–Crippen LogP) is 3.10. The van der Waals surface area contributed by atoms with Crippen LogP contribution in [0.3, 0.4) is 0 Å². The molecule has 1 radical (unpaired) electrons. The number of benzene rings is 1. The Morgan fingerprint density at radius 2 is 2.00 bits per heavy atom. The molecule has 0 nitrogen and oxygen atoms in total. The van der Waals surface area contributed by atoms with Crippen LogP contribution in [0, 0.1) is 13.0 Å². The first-order valence-electron chi connectivity index (χ1n) is 2.54. The van der Waals surface area contributed by atoms with Gasteiger partial charge in [-0.3, -0.25) is 0 Å². The maximum Gasteiger partial charge on any atom is 0.0673 e. The highest BCUT2D eigenvalue weighted by Crippen LogP contribution is 2.20. The van der Waals surface area contributed by atoms with E-state index in [1.807, 2.05) is 13.0 Å². The van der Waals surface area contributed by atoms with E-state index in [4.69, 9.17) is 23.2 Å². The Labute approximate surface area is 64.4 Å². The molecule has 1 aromatic carbocycles. The first-order chi connectivity index (χ1) is 4.20. The zero-order valence-electron chi connectivity index (χ0n) is 4.91. The second kappa shape index (κ2) is 2.59. The Balaban J connectivity index is 3.17. The fourth-order valence-corrected chi connectivity index (χ4v) is 0.868. The van der Waals surface area contributed by atoms with Crippen molar-refractivity contribution >= 4 is 23.2 Å². The summed E-state index contributed by atoms with van der Waals surface area (Å²) in [6.07, 6.45) is 0. The van der Waals surface area contributed by atoms with Gasteiger partial charge in [-0.1, -0.05) is 29.3 Å². The number of aryl methyl sites for hydroxylation is 1. The van der Waals surface area contributed by atoms with Crippen LogP contribution in [0.5, 0.6) is 0 Å². The molecule has 9 heavy (non-hydrogen) atoms. The zero-order chi connectivity index (χ0) is 6.85. The van der Waals surface area contributed by atoms with E-state index in [1.54, 1.807) is 6.07 Å². The van der Waals surface area contributed by atoms with Crippen LogP contribution in [0.2, 0.25) is 10.0 Å². The molecule has 0 atom stereocenters. The quantitative estimate of drug-likeness (QED) is 0.546. The van der Waals surface area contributed by atoms with Crippen LogP contribution in [-0.2, 0) is 0 Å². The van der Waals surface area contributed by atoms with Gasteiger partial charge in [0.25, 0.3) is 0 Å². The van der Waals surface area contributed by atoms with Crippen molar-refractivity contribution in [3.63, 3.8) is 0 Å². The van der Waals surface area contributed by atoms with Gasteiger partial charge < -0.3 is 0 Å². The molecule has 0 aliphatic rings. The fraction of sp³-hybridized carbons (Fsp3) is 0.143. The summed E-state index contributed by atoms with van der Waals surface area (Å²) in [6.45, 7) is 1.92. The summed E-state index contributed by atoms with van der Waals surface area (Å²) in [5.74, 6) is 0. The Hall–Kier alpha value is -0.200. The van der Waals surface area contributed by atoms with Gasteiger partial charge in [-0.2, -0.15) is 0 Å². The van der Waals surface area contributed by atoms with Gasteiger partial charge in [-0.25, -0.2) is 0 Å². The molecule has 0 aromatic heterocycles. The van der Waals surface area contributed by atoms with Gasteiger partial charge in [0.15, 0.2) is 0 Å². The number of halogens is 2. The van der Waals surface area contributed by atoms with Gasteiger partial charge in [-0.15, -0.1) is 0 Å². The summed E-state index contributed by atoms with van der Waals surface area (Å²) < 4.78 is 0. The molecule has 47 valence electrons. The fourth-order valence-electron chi connectivity index (χ4n) is 0.546. The van der Waals surface area contributed by atoms with E-state index < -0.39 is 0 Å². The van der Waals surface area contributed by atoms with Gasteiger partial charge in [0.1, 0.15) is 0 Å². The Morgan fingerprint density at radius 1 is 1.33 bits per heavy atom. The van der Waals surface area contributed by atoms with Crippen LogP contribution >= 0.6 is 23.2 Å². The van der Waals surface area contributed by atoms with E-state index in [9.17, 15) is 0 Å². The monoisotopic (exact) mass is 159 g/mol.